The van der Waals surface area contributed by atoms with Crippen LogP contribution in [0.25, 0.3) is 0 Å². The summed E-state index contributed by atoms with van der Waals surface area (Å²) >= 11 is 0. The minimum Gasteiger partial charge on any atom is -0.480 e. The van der Waals surface area contributed by atoms with Crippen LogP contribution in [0.5, 0.6) is 0 Å². The van der Waals surface area contributed by atoms with Crippen molar-refractivity contribution in [3.63, 3.8) is 0 Å². The summed E-state index contributed by atoms with van der Waals surface area (Å²) < 4.78 is 5.16. The summed E-state index contributed by atoms with van der Waals surface area (Å²) in [5.41, 5.74) is 0.891. The maximum absolute atomic E-state index is 12.9. The van der Waals surface area contributed by atoms with E-state index < -0.39 is 30.5 Å². The number of carboxylic acids is 1. The molecule has 0 saturated carbocycles. The minimum atomic E-state index is -1.21. The van der Waals surface area contributed by atoms with Gasteiger partial charge in [0.1, 0.15) is 6.54 Å². The van der Waals surface area contributed by atoms with Crippen molar-refractivity contribution in [1.29, 1.82) is 0 Å². The van der Waals surface area contributed by atoms with E-state index in [2.05, 4.69) is 0 Å². The first kappa shape index (κ1) is 17.2. The molecule has 0 aliphatic rings. The molecule has 0 heterocycles. The lowest BCUT2D eigenvalue weighted by atomic mass is 10.1. The third kappa shape index (κ3) is 4.42. The van der Waals surface area contributed by atoms with Crippen LogP contribution < -0.4 is 4.90 Å². The standard InChI is InChI=1S/C18H17NO5/c1-13(20)24-17(14-8-4-2-5-9-14)18(23)19(12-16(21)22)15-10-6-3-7-11-15/h2-11,17H,12H2,1H3,(H,21,22). The topological polar surface area (TPSA) is 83.9 Å². The minimum absolute atomic E-state index is 0.415. The molecule has 1 unspecified atom stereocenters. The zero-order valence-corrected chi connectivity index (χ0v) is 13.1. The fraction of sp³-hybridized carbons (Fsp3) is 0.167. The quantitative estimate of drug-likeness (QED) is 0.824. The number of hydrogen-bond acceptors (Lipinski definition) is 4. The molecule has 1 atom stereocenters. The fourth-order valence-electron chi connectivity index (χ4n) is 2.24. The van der Waals surface area contributed by atoms with E-state index in [-0.39, 0.29) is 0 Å². The average molecular weight is 327 g/mol. The highest BCUT2D eigenvalue weighted by Gasteiger charge is 2.30. The lowest BCUT2D eigenvalue weighted by Gasteiger charge is -2.26. The van der Waals surface area contributed by atoms with Crippen molar-refractivity contribution in [2.75, 3.05) is 11.4 Å². The van der Waals surface area contributed by atoms with E-state index in [0.29, 0.717) is 11.3 Å². The van der Waals surface area contributed by atoms with Gasteiger partial charge in [-0.2, -0.15) is 0 Å². The average Bonchev–Trinajstić information content (AvgIpc) is 2.58. The van der Waals surface area contributed by atoms with E-state index in [1.54, 1.807) is 60.7 Å². The fourth-order valence-corrected chi connectivity index (χ4v) is 2.24. The van der Waals surface area contributed by atoms with Crippen LogP contribution in [0.15, 0.2) is 60.7 Å². The van der Waals surface area contributed by atoms with Gasteiger partial charge in [-0.1, -0.05) is 48.5 Å². The Morgan fingerprint density at radius 3 is 2.04 bits per heavy atom. The number of aliphatic carboxylic acids is 1. The van der Waals surface area contributed by atoms with Crippen molar-refractivity contribution in [2.24, 2.45) is 0 Å². The highest BCUT2D eigenvalue weighted by Crippen LogP contribution is 2.24. The summed E-state index contributed by atoms with van der Waals surface area (Å²) in [6.07, 6.45) is -1.21. The molecule has 0 aliphatic carbocycles. The highest BCUT2D eigenvalue weighted by atomic mass is 16.5. The van der Waals surface area contributed by atoms with Gasteiger partial charge in [0.15, 0.2) is 0 Å². The summed E-state index contributed by atoms with van der Waals surface area (Å²) in [6.45, 7) is 0.667. The highest BCUT2D eigenvalue weighted by molar-refractivity contribution is 6.01. The van der Waals surface area contributed by atoms with Gasteiger partial charge in [0, 0.05) is 18.2 Å². The normalized spacial score (nSPS) is 11.4. The molecule has 0 aliphatic heterocycles. The number of benzene rings is 2. The first-order valence-corrected chi connectivity index (χ1v) is 7.29. The van der Waals surface area contributed by atoms with E-state index in [4.69, 9.17) is 9.84 Å². The second-order valence-electron chi connectivity index (χ2n) is 5.05. The Balaban J connectivity index is 2.40. The number of carbonyl (C=O) groups is 3. The first-order valence-electron chi connectivity index (χ1n) is 7.29. The lowest BCUT2D eigenvalue weighted by molar-refractivity contribution is -0.153. The van der Waals surface area contributed by atoms with Gasteiger partial charge in [0.25, 0.3) is 5.91 Å². The molecule has 6 heteroatoms. The van der Waals surface area contributed by atoms with E-state index in [9.17, 15) is 14.4 Å². The summed E-state index contributed by atoms with van der Waals surface area (Å²) in [7, 11) is 0. The zero-order valence-electron chi connectivity index (χ0n) is 13.1. The van der Waals surface area contributed by atoms with Crippen molar-refractivity contribution >= 4 is 23.5 Å². The molecular formula is C18H17NO5. The van der Waals surface area contributed by atoms with E-state index in [1.807, 2.05) is 0 Å². The number of anilines is 1. The third-order valence-electron chi connectivity index (χ3n) is 3.24. The number of ether oxygens (including phenoxy) is 1. The predicted octanol–water partition coefficient (Wildman–Crippen LogP) is 2.41. The van der Waals surface area contributed by atoms with Gasteiger partial charge in [0.05, 0.1) is 0 Å². The van der Waals surface area contributed by atoms with Crippen LogP contribution in [0.2, 0.25) is 0 Å². The van der Waals surface area contributed by atoms with Crippen LogP contribution in [0.4, 0.5) is 5.69 Å². The maximum Gasteiger partial charge on any atom is 0.323 e. The number of esters is 1. The molecule has 124 valence electrons. The summed E-state index contributed by atoms with van der Waals surface area (Å²) in [4.78, 5) is 36.6. The summed E-state index contributed by atoms with van der Waals surface area (Å²) in [5.74, 6) is -2.41. The zero-order chi connectivity index (χ0) is 17.5. The van der Waals surface area contributed by atoms with Gasteiger partial charge in [-0.05, 0) is 12.1 Å². The van der Waals surface area contributed by atoms with Crippen molar-refractivity contribution in [2.45, 2.75) is 13.0 Å². The van der Waals surface area contributed by atoms with Crippen LogP contribution in [0.3, 0.4) is 0 Å². The molecule has 0 spiro atoms. The molecular weight excluding hydrogens is 310 g/mol. The number of nitrogens with zero attached hydrogens (tertiary/aromatic N) is 1. The first-order chi connectivity index (χ1) is 11.5. The van der Waals surface area contributed by atoms with Gasteiger partial charge < -0.3 is 9.84 Å². The Hall–Kier alpha value is -3.15. The molecule has 0 radical (unpaired) electrons. The molecule has 2 rings (SSSR count). The molecule has 6 nitrogen and oxygen atoms in total. The molecule has 2 aromatic rings. The number of para-hydroxylation sites is 1. The predicted molar refractivity (Wildman–Crippen MR) is 87.4 cm³/mol. The molecule has 24 heavy (non-hydrogen) atoms. The van der Waals surface area contributed by atoms with Crippen LogP contribution in [-0.4, -0.2) is 29.5 Å². The third-order valence-corrected chi connectivity index (χ3v) is 3.24. The van der Waals surface area contributed by atoms with Crippen molar-refractivity contribution < 1.29 is 24.2 Å². The van der Waals surface area contributed by atoms with Gasteiger partial charge in [0.2, 0.25) is 6.10 Å². The second kappa shape index (κ2) is 7.92. The van der Waals surface area contributed by atoms with Crippen molar-refractivity contribution in [1.82, 2.24) is 0 Å². The Kier molecular flexibility index (Phi) is 5.68. The Morgan fingerprint density at radius 2 is 1.54 bits per heavy atom. The molecule has 0 fully saturated rings. The van der Waals surface area contributed by atoms with Crippen LogP contribution in [0.1, 0.15) is 18.6 Å². The summed E-state index contributed by atoms with van der Waals surface area (Å²) in [5, 5.41) is 9.13. The number of carbonyl (C=O) groups excluding carboxylic acids is 2. The number of rotatable bonds is 6. The lowest BCUT2D eigenvalue weighted by Crippen LogP contribution is -2.40. The molecule has 1 amide bonds. The van der Waals surface area contributed by atoms with Crippen LogP contribution in [-0.2, 0) is 19.1 Å². The number of hydrogen-bond donors (Lipinski definition) is 1. The summed E-state index contributed by atoms with van der Waals surface area (Å²) in [6, 6.07) is 16.9. The van der Waals surface area contributed by atoms with E-state index >= 15 is 0 Å². The second-order valence-corrected chi connectivity index (χ2v) is 5.05. The number of amides is 1. The monoisotopic (exact) mass is 327 g/mol. The molecule has 1 N–H and O–H groups in total. The van der Waals surface area contributed by atoms with Gasteiger partial charge in [-0.15, -0.1) is 0 Å². The van der Waals surface area contributed by atoms with Crippen LogP contribution >= 0.6 is 0 Å². The molecule has 0 saturated heterocycles. The SMILES string of the molecule is CC(=O)OC(C(=O)N(CC(=O)O)c1ccccc1)c1ccccc1. The Bertz CT molecular complexity index is 653. The maximum atomic E-state index is 12.9. The van der Waals surface area contributed by atoms with E-state index in [0.717, 1.165) is 4.90 Å². The van der Waals surface area contributed by atoms with Crippen LogP contribution in [0, 0.1) is 0 Å². The van der Waals surface area contributed by atoms with Crippen molar-refractivity contribution in [3.8, 4) is 0 Å². The van der Waals surface area contributed by atoms with Gasteiger partial charge in [-0.25, -0.2) is 0 Å². The smallest absolute Gasteiger partial charge is 0.323 e. The van der Waals surface area contributed by atoms with Gasteiger partial charge >= 0.3 is 11.9 Å². The molecule has 2 aromatic carbocycles. The number of carboxylic acid groups (broad SMARTS) is 1. The molecule has 0 bridgehead atoms. The van der Waals surface area contributed by atoms with Gasteiger partial charge in [-0.3, -0.25) is 19.3 Å². The molecule has 0 aromatic heterocycles. The van der Waals surface area contributed by atoms with Crippen molar-refractivity contribution in [3.05, 3.63) is 66.2 Å². The Morgan fingerprint density at radius 1 is 1.00 bits per heavy atom. The van der Waals surface area contributed by atoms with E-state index in [1.165, 1.54) is 6.92 Å². The Labute approximate surface area is 139 Å². The largest absolute Gasteiger partial charge is 0.480 e.